The van der Waals surface area contributed by atoms with E-state index in [1.165, 1.54) is 171 Å². The number of benzene rings is 4. The summed E-state index contributed by atoms with van der Waals surface area (Å²) in [6.45, 7) is 11.6. The molecule has 0 saturated heterocycles. The molecule has 1 aliphatic rings. The minimum Gasteiger partial charge on any atom is -0.268 e. The normalized spacial score (nSPS) is 13.5. The van der Waals surface area contributed by atoms with E-state index in [4.69, 9.17) is 0 Å². The Labute approximate surface area is 480 Å². The summed E-state index contributed by atoms with van der Waals surface area (Å²) < 4.78 is 3.68. The number of thiophene rings is 6. The molecule has 396 valence electrons. The molecular weight excluding hydrogens is 1060 g/mol. The molecule has 7 heterocycles. The molecule has 4 aromatic carbocycles. The highest BCUT2D eigenvalue weighted by Crippen LogP contribution is 2.58. The predicted octanol–water partition coefficient (Wildman–Crippen LogP) is 23.1. The molecule has 1 aliphatic heterocycles. The molecule has 0 fully saturated rings. The Hall–Kier alpha value is -5.00. The van der Waals surface area contributed by atoms with Crippen LogP contribution in [0.25, 0.3) is 81.8 Å². The van der Waals surface area contributed by atoms with Gasteiger partial charge in [-0.2, -0.15) is 0 Å². The average molecular weight is 1130 g/mol. The van der Waals surface area contributed by atoms with Crippen LogP contribution in [-0.4, -0.2) is 11.8 Å². The molecule has 10 aromatic rings. The van der Waals surface area contributed by atoms with E-state index in [2.05, 4.69) is 144 Å². The summed E-state index contributed by atoms with van der Waals surface area (Å²) in [5.41, 5.74) is 7.42. The maximum atomic E-state index is 15.0. The lowest BCUT2D eigenvalue weighted by Gasteiger charge is -2.15. The molecule has 0 radical (unpaired) electrons. The second-order valence-electron chi connectivity index (χ2n) is 21.4. The number of carbonyl (C=O) groups excluding carboxylic acids is 2. The fourth-order valence-electron chi connectivity index (χ4n) is 11.6. The first-order valence-corrected chi connectivity index (χ1v) is 33.6. The standard InChI is InChI=1S/C68H71NO2S6/c1-6-11-14-15-16-19-26-45-31-33-48(34-32-45)69-67(70)60-59-61(47-29-22-18-23-30-47)76-64(65(59)77-66(60)68(69)71)56-42-52-58(54-38-36-50(73-54)40-44(10-5)25-13-8-3)62-51(41-55(74-62)46-27-20-17-21-28-46)57(63(52)75-56)53-37-35-49(72-53)39-43(9-4)24-12-7-2/h17-18,20-23,27-38,41-44H,6-16,19,24-26,39-40H2,1-5H3. The minimum atomic E-state index is -0.223. The zero-order valence-electron chi connectivity index (χ0n) is 45.4. The summed E-state index contributed by atoms with van der Waals surface area (Å²) >= 11 is 11.1. The molecule has 2 unspecified atom stereocenters. The first-order valence-electron chi connectivity index (χ1n) is 28.7. The third-order valence-corrected chi connectivity index (χ3v) is 23.4. The first-order chi connectivity index (χ1) is 37.8. The van der Waals surface area contributed by atoms with Crippen LogP contribution < -0.4 is 4.90 Å². The van der Waals surface area contributed by atoms with Gasteiger partial charge in [-0.15, -0.1) is 68.0 Å². The van der Waals surface area contributed by atoms with Crippen molar-refractivity contribution in [2.75, 3.05) is 4.90 Å². The number of hydrogen-bond donors (Lipinski definition) is 0. The van der Waals surface area contributed by atoms with Crippen LogP contribution in [0.15, 0.2) is 121 Å². The van der Waals surface area contributed by atoms with Gasteiger partial charge in [0.15, 0.2) is 0 Å². The van der Waals surface area contributed by atoms with Gasteiger partial charge < -0.3 is 0 Å². The molecule has 6 aromatic heterocycles. The van der Waals surface area contributed by atoms with Gasteiger partial charge in [0.2, 0.25) is 0 Å². The Bertz CT molecular complexity index is 3520. The first kappa shape index (κ1) is 54.0. The van der Waals surface area contributed by atoms with Crippen LogP contribution in [0.4, 0.5) is 5.69 Å². The van der Waals surface area contributed by atoms with Crippen LogP contribution in [0.3, 0.4) is 0 Å². The Morgan fingerprint density at radius 2 is 0.974 bits per heavy atom. The van der Waals surface area contributed by atoms with Crippen LogP contribution >= 0.6 is 68.0 Å². The van der Waals surface area contributed by atoms with E-state index in [0.29, 0.717) is 28.0 Å². The minimum absolute atomic E-state index is 0.220. The lowest BCUT2D eigenvalue weighted by Crippen LogP contribution is -2.29. The highest BCUT2D eigenvalue weighted by atomic mass is 32.1. The number of imide groups is 1. The van der Waals surface area contributed by atoms with Crippen molar-refractivity contribution in [3.8, 4) is 51.5 Å². The molecule has 9 heteroatoms. The molecule has 2 amide bonds. The van der Waals surface area contributed by atoms with E-state index < -0.39 is 0 Å². The van der Waals surface area contributed by atoms with E-state index in [1.807, 2.05) is 57.5 Å². The highest BCUT2D eigenvalue weighted by molar-refractivity contribution is 7.33. The van der Waals surface area contributed by atoms with Crippen LogP contribution in [0.5, 0.6) is 0 Å². The van der Waals surface area contributed by atoms with Crippen LogP contribution in [0, 0.1) is 11.8 Å². The van der Waals surface area contributed by atoms with Crippen molar-refractivity contribution in [2.24, 2.45) is 11.8 Å². The molecule has 3 nitrogen and oxygen atoms in total. The Morgan fingerprint density at radius 3 is 1.56 bits per heavy atom. The van der Waals surface area contributed by atoms with Crippen LogP contribution in [0.1, 0.15) is 160 Å². The van der Waals surface area contributed by atoms with Crippen LogP contribution in [-0.2, 0) is 19.3 Å². The van der Waals surface area contributed by atoms with Crippen molar-refractivity contribution in [1.29, 1.82) is 0 Å². The fourth-order valence-corrected chi connectivity index (χ4v) is 19.5. The summed E-state index contributed by atoms with van der Waals surface area (Å²) in [6, 6.07) is 44.3. The number of amides is 2. The molecule has 0 bridgehead atoms. The zero-order valence-corrected chi connectivity index (χ0v) is 50.3. The van der Waals surface area contributed by atoms with Gasteiger partial charge in [-0.25, -0.2) is 4.90 Å². The second kappa shape index (κ2) is 24.6. The average Bonchev–Trinajstić information content (AvgIpc) is 4.54. The second-order valence-corrected chi connectivity index (χ2v) is 27.8. The van der Waals surface area contributed by atoms with Gasteiger partial charge >= 0.3 is 0 Å². The SMILES string of the molecule is CCCCCCCCc1ccc(N2C(=O)c3sc4c(-c5cc6c(-c7ccc(CC(CC)CCCC)s7)c7sc(-c8ccccc8)cc7c(-c7ccc(CC(CC)CCCC)s7)c6s5)sc(-c5ccccc5)c4c3C2=O)cc1. The van der Waals surface area contributed by atoms with E-state index in [1.54, 1.807) is 11.3 Å². The van der Waals surface area contributed by atoms with Gasteiger partial charge in [0.1, 0.15) is 4.88 Å². The highest BCUT2D eigenvalue weighted by Gasteiger charge is 2.42. The Kier molecular flexibility index (Phi) is 17.2. The Morgan fingerprint density at radius 1 is 0.429 bits per heavy atom. The zero-order chi connectivity index (χ0) is 53.0. The molecule has 2 atom stereocenters. The number of hydrogen-bond acceptors (Lipinski definition) is 8. The quantitative estimate of drug-likeness (QED) is 0.0422. The van der Waals surface area contributed by atoms with Gasteiger partial charge in [0.05, 0.1) is 20.8 Å². The van der Waals surface area contributed by atoms with Crippen molar-refractivity contribution in [1.82, 2.24) is 0 Å². The van der Waals surface area contributed by atoms with E-state index in [-0.39, 0.29) is 11.8 Å². The largest absolute Gasteiger partial charge is 0.276 e. The van der Waals surface area contributed by atoms with Gasteiger partial charge in [-0.05, 0) is 103 Å². The molecule has 11 rings (SSSR count). The summed E-state index contributed by atoms with van der Waals surface area (Å²) in [5, 5.41) is 3.52. The summed E-state index contributed by atoms with van der Waals surface area (Å²) in [5.74, 6) is 0.925. The molecule has 77 heavy (non-hydrogen) atoms. The van der Waals surface area contributed by atoms with E-state index >= 15 is 0 Å². The molecule has 0 aliphatic carbocycles. The third kappa shape index (κ3) is 11.0. The van der Waals surface area contributed by atoms with E-state index in [9.17, 15) is 9.59 Å². The lowest BCUT2D eigenvalue weighted by atomic mass is 9.95. The molecule has 0 spiro atoms. The maximum Gasteiger partial charge on any atom is 0.276 e. The molecule has 0 N–H and O–H groups in total. The summed E-state index contributed by atoms with van der Waals surface area (Å²) in [4.78, 5) is 41.9. The predicted molar refractivity (Wildman–Crippen MR) is 342 cm³/mol. The van der Waals surface area contributed by atoms with Crippen molar-refractivity contribution in [2.45, 2.75) is 144 Å². The van der Waals surface area contributed by atoms with Crippen molar-refractivity contribution in [3.63, 3.8) is 0 Å². The van der Waals surface area contributed by atoms with Gasteiger partial charge in [0.25, 0.3) is 11.8 Å². The Balaban J connectivity index is 1.07. The third-order valence-electron chi connectivity index (χ3n) is 16.0. The lowest BCUT2D eigenvalue weighted by molar-refractivity contribution is 0.0927. The number of fused-ring (bicyclic) bond motifs is 5. The number of rotatable bonds is 25. The van der Waals surface area contributed by atoms with Gasteiger partial charge in [0, 0.05) is 70.8 Å². The summed E-state index contributed by atoms with van der Waals surface area (Å²) in [7, 11) is 0. The van der Waals surface area contributed by atoms with Gasteiger partial charge in [-0.1, -0.05) is 191 Å². The number of anilines is 1. The number of nitrogens with zero attached hydrogens (tertiary/aromatic N) is 1. The smallest absolute Gasteiger partial charge is 0.268 e. The molecule has 0 saturated carbocycles. The number of carbonyl (C=O) groups is 2. The van der Waals surface area contributed by atoms with Crippen molar-refractivity contribution >= 4 is 116 Å². The molecular formula is C68H71NO2S6. The number of aryl methyl sites for hydroxylation is 1. The van der Waals surface area contributed by atoms with Gasteiger partial charge in [-0.3, -0.25) is 9.59 Å². The summed E-state index contributed by atoms with van der Waals surface area (Å²) in [6.07, 6.45) is 20.7. The van der Waals surface area contributed by atoms with E-state index in [0.717, 1.165) is 51.1 Å². The van der Waals surface area contributed by atoms with Crippen molar-refractivity contribution in [3.05, 3.63) is 147 Å². The van der Waals surface area contributed by atoms with Crippen molar-refractivity contribution < 1.29 is 9.59 Å². The monoisotopic (exact) mass is 1130 g/mol. The van der Waals surface area contributed by atoms with Crippen LogP contribution in [0.2, 0.25) is 0 Å². The topological polar surface area (TPSA) is 37.4 Å². The number of unbranched alkanes of at least 4 members (excludes halogenated alkanes) is 7. The fraction of sp³-hybridized carbons (Fsp3) is 0.353. The maximum absolute atomic E-state index is 15.0.